The second kappa shape index (κ2) is 6.33. The molecule has 132 valence electrons. The van der Waals surface area contributed by atoms with E-state index in [2.05, 4.69) is 11.5 Å². The van der Waals surface area contributed by atoms with Gasteiger partial charge >= 0.3 is 0 Å². The number of hydrogen-bond donors (Lipinski definition) is 1. The van der Waals surface area contributed by atoms with Crippen LogP contribution in [0.5, 0.6) is 5.75 Å². The molecule has 26 heavy (non-hydrogen) atoms. The maximum absolute atomic E-state index is 13.0. The number of anilines is 1. The van der Waals surface area contributed by atoms with E-state index in [-0.39, 0.29) is 24.0 Å². The van der Waals surface area contributed by atoms with Gasteiger partial charge in [0.25, 0.3) is 0 Å². The quantitative estimate of drug-likeness (QED) is 0.730. The Bertz CT molecular complexity index is 988. The normalized spacial score (nSPS) is 17.4. The summed E-state index contributed by atoms with van der Waals surface area (Å²) in [4.78, 5) is 26.8. The van der Waals surface area contributed by atoms with Gasteiger partial charge in [-0.15, -0.1) is 0 Å². The van der Waals surface area contributed by atoms with Crippen molar-refractivity contribution in [2.45, 2.75) is 32.2 Å². The Morgan fingerprint density at radius 2 is 1.81 bits per heavy atom. The van der Waals surface area contributed by atoms with Crippen LogP contribution in [0.2, 0.25) is 0 Å². The Hall–Kier alpha value is -3.08. The van der Waals surface area contributed by atoms with Crippen molar-refractivity contribution in [3.63, 3.8) is 0 Å². The van der Waals surface area contributed by atoms with Crippen LogP contribution in [-0.2, 0) is 16.1 Å². The molecule has 0 bridgehead atoms. The van der Waals surface area contributed by atoms with Crippen LogP contribution >= 0.6 is 0 Å². The number of aryl methyl sites for hydroxylation is 1. The van der Waals surface area contributed by atoms with Crippen LogP contribution in [0.25, 0.3) is 10.9 Å². The molecule has 1 aliphatic heterocycles. The smallest absolute Gasteiger partial charge is 0.241 e. The van der Waals surface area contributed by atoms with Gasteiger partial charge in [0.15, 0.2) is 0 Å². The summed E-state index contributed by atoms with van der Waals surface area (Å²) in [5.74, 6) is -0.788. The summed E-state index contributed by atoms with van der Waals surface area (Å²) in [6.07, 6.45) is 3.18. The van der Waals surface area contributed by atoms with Crippen LogP contribution in [0, 0.1) is 0 Å². The zero-order valence-corrected chi connectivity index (χ0v) is 14.6. The molecule has 4 rings (SSSR count). The van der Waals surface area contributed by atoms with E-state index in [1.165, 1.54) is 17.0 Å². The second-order valence-corrected chi connectivity index (χ2v) is 6.64. The number of aromatic nitrogens is 1. The van der Waals surface area contributed by atoms with E-state index in [9.17, 15) is 14.7 Å². The van der Waals surface area contributed by atoms with Crippen LogP contribution in [0.3, 0.4) is 0 Å². The molecule has 0 aliphatic carbocycles. The summed E-state index contributed by atoms with van der Waals surface area (Å²) in [6.45, 7) is 2.99. The van der Waals surface area contributed by atoms with Gasteiger partial charge in [0.2, 0.25) is 11.8 Å². The largest absolute Gasteiger partial charge is 0.508 e. The summed E-state index contributed by atoms with van der Waals surface area (Å²) < 4.78 is 2.16. The average Bonchev–Trinajstić information content (AvgIpc) is 3.14. The highest BCUT2D eigenvalue weighted by atomic mass is 16.3. The maximum atomic E-state index is 13.0. The van der Waals surface area contributed by atoms with Gasteiger partial charge in [0, 0.05) is 30.1 Å². The number of carbonyl (C=O) groups excluding carboxylic acids is 2. The molecule has 2 amide bonds. The third-order valence-corrected chi connectivity index (χ3v) is 4.91. The van der Waals surface area contributed by atoms with E-state index in [1.807, 2.05) is 30.5 Å². The number of aromatic hydroxyl groups is 1. The minimum atomic E-state index is -0.473. The van der Waals surface area contributed by atoms with E-state index in [0.29, 0.717) is 5.69 Å². The molecule has 5 heteroatoms. The Morgan fingerprint density at radius 3 is 2.54 bits per heavy atom. The molecule has 0 unspecified atom stereocenters. The van der Waals surface area contributed by atoms with Crippen LogP contribution in [0.15, 0.2) is 54.7 Å². The van der Waals surface area contributed by atoms with E-state index < -0.39 is 5.92 Å². The molecule has 3 aromatic rings. The minimum absolute atomic E-state index is 0.104. The van der Waals surface area contributed by atoms with Crippen molar-refractivity contribution in [2.75, 3.05) is 4.90 Å². The van der Waals surface area contributed by atoms with Gasteiger partial charge in [-0.2, -0.15) is 0 Å². The molecule has 0 radical (unpaired) electrons. The van der Waals surface area contributed by atoms with Crippen molar-refractivity contribution >= 4 is 28.4 Å². The number of hydrogen-bond acceptors (Lipinski definition) is 3. The van der Waals surface area contributed by atoms with Crippen molar-refractivity contribution in [3.05, 3.63) is 60.3 Å². The van der Waals surface area contributed by atoms with Crippen LogP contribution in [0.1, 0.15) is 31.2 Å². The van der Waals surface area contributed by atoms with E-state index in [1.54, 1.807) is 12.1 Å². The number of imide groups is 1. The Labute approximate surface area is 151 Å². The summed E-state index contributed by atoms with van der Waals surface area (Å²) in [5, 5.41) is 10.5. The number of phenolic OH excluding ortho intramolecular Hbond substituents is 1. The zero-order chi connectivity index (χ0) is 18.3. The lowest BCUT2D eigenvalue weighted by molar-refractivity contribution is -0.121. The van der Waals surface area contributed by atoms with Crippen LogP contribution in [0.4, 0.5) is 5.69 Å². The Balaban J connectivity index is 1.75. The summed E-state index contributed by atoms with van der Waals surface area (Å²) in [5.41, 5.74) is 2.50. The van der Waals surface area contributed by atoms with Gasteiger partial charge in [-0.1, -0.05) is 25.1 Å². The predicted octanol–water partition coefficient (Wildman–Crippen LogP) is 3.80. The third-order valence-electron chi connectivity index (χ3n) is 4.91. The number of rotatable bonds is 4. The highest BCUT2D eigenvalue weighted by Gasteiger charge is 2.41. The van der Waals surface area contributed by atoms with Crippen molar-refractivity contribution in [1.82, 2.24) is 4.57 Å². The highest BCUT2D eigenvalue weighted by molar-refractivity contribution is 6.23. The molecule has 1 N–H and O–H groups in total. The molecular weight excluding hydrogens is 328 g/mol. The van der Waals surface area contributed by atoms with Crippen molar-refractivity contribution in [1.29, 1.82) is 0 Å². The summed E-state index contributed by atoms with van der Waals surface area (Å²) in [6, 6.07) is 14.2. The van der Waals surface area contributed by atoms with Gasteiger partial charge < -0.3 is 9.67 Å². The van der Waals surface area contributed by atoms with E-state index in [0.717, 1.165) is 29.4 Å². The van der Waals surface area contributed by atoms with Crippen molar-refractivity contribution in [2.24, 2.45) is 0 Å². The van der Waals surface area contributed by atoms with Gasteiger partial charge in [0.1, 0.15) is 5.75 Å². The molecule has 2 aromatic carbocycles. The minimum Gasteiger partial charge on any atom is -0.508 e. The molecule has 2 heterocycles. The molecular formula is C21H20N2O3. The fourth-order valence-corrected chi connectivity index (χ4v) is 3.73. The number of benzene rings is 2. The first kappa shape index (κ1) is 16.4. The van der Waals surface area contributed by atoms with Gasteiger partial charge in [-0.05, 0) is 42.3 Å². The second-order valence-electron chi connectivity index (χ2n) is 6.64. The fourth-order valence-electron chi connectivity index (χ4n) is 3.73. The van der Waals surface area contributed by atoms with E-state index in [4.69, 9.17) is 0 Å². The first-order valence-corrected chi connectivity index (χ1v) is 8.83. The lowest BCUT2D eigenvalue weighted by Gasteiger charge is -2.15. The van der Waals surface area contributed by atoms with Gasteiger partial charge in [0.05, 0.1) is 11.6 Å². The van der Waals surface area contributed by atoms with Crippen molar-refractivity contribution in [3.8, 4) is 5.75 Å². The lowest BCUT2D eigenvalue weighted by Crippen LogP contribution is -2.29. The lowest BCUT2D eigenvalue weighted by atomic mass is 9.97. The molecule has 1 saturated heterocycles. The fraction of sp³-hybridized carbons (Fsp3) is 0.238. The zero-order valence-electron chi connectivity index (χ0n) is 14.6. The standard InChI is InChI=1S/C21H20N2O3/c1-2-11-22-13-18(16-5-3-4-6-19(16)22)17-12-20(25)23(21(17)26)14-7-9-15(24)10-8-14/h3-10,13,17,24H,2,11-12H2,1H3/t17-/m1/s1. The molecule has 1 aromatic heterocycles. The average molecular weight is 348 g/mol. The first-order valence-electron chi connectivity index (χ1n) is 8.83. The Kier molecular flexibility index (Phi) is 3.99. The van der Waals surface area contributed by atoms with Crippen molar-refractivity contribution < 1.29 is 14.7 Å². The number of carbonyl (C=O) groups is 2. The number of fused-ring (bicyclic) bond motifs is 1. The van der Waals surface area contributed by atoms with Gasteiger partial charge in [-0.3, -0.25) is 14.5 Å². The van der Waals surface area contributed by atoms with E-state index >= 15 is 0 Å². The molecule has 0 saturated carbocycles. The number of amides is 2. The molecule has 1 fully saturated rings. The molecule has 1 aliphatic rings. The summed E-state index contributed by atoms with van der Waals surface area (Å²) in [7, 11) is 0. The number of nitrogens with zero attached hydrogens (tertiary/aromatic N) is 2. The maximum Gasteiger partial charge on any atom is 0.241 e. The number of para-hydroxylation sites is 1. The highest BCUT2D eigenvalue weighted by Crippen LogP contribution is 2.37. The predicted molar refractivity (Wildman–Crippen MR) is 100 cm³/mol. The first-order chi connectivity index (χ1) is 12.6. The SMILES string of the molecule is CCCn1cc([C@H]2CC(=O)N(c3ccc(O)cc3)C2=O)c2ccccc21. The topological polar surface area (TPSA) is 62.5 Å². The monoisotopic (exact) mass is 348 g/mol. The third kappa shape index (κ3) is 2.56. The summed E-state index contributed by atoms with van der Waals surface area (Å²) >= 11 is 0. The molecule has 0 spiro atoms. The molecule has 1 atom stereocenters. The molecule has 5 nitrogen and oxygen atoms in total. The Morgan fingerprint density at radius 1 is 1.08 bits per heavy atom. The van der Waals surface area contributed by atoms with Crippen LogP contribution in [-0.4, -0.2) is 21.5 Å². The van der Waals surface area contributed by atoms with Crippen LogP contribution < -0.4 is 4.90 Å². The van der Waals surface area contributed by atoms with Gasteiger partial charge in [-0.25, -0.2) is 0 Å². The number of phenols is 1.